The standard InChI is InChI=1S/C13H25N3O.2ClH/c1-16-8-5-11(10-16)9-15-12(17)13(14)6-3-2-4-7-13;;/h11H,2-10,14H2,1H3,(H,15,17);2*1H. The second kappa shape index (κ2) is 8.30. The minimum atomic E-state index is -0.581. The molecule has 1 heterocycles. The second-order valence-electron chi connectivity index (χ2n) is 5.84. The van der Waals surface area contributed by atoms with Gasteiger partial charge in [0.2, 0.25) is 5.91 Å². The number of rotatable bonds is 3. The van der Waals surface area contributed by atoms with Crippen molar-refractivity contribution < 1.29 is 4.79 Å². The number of hydrogen-bond acceptors (Lipinski definition) is 3. The highest BCUT2D eigenvalue weighted by Gasteiger charge is 2.35. The van der Waals surface area contributed by atoms with Gasteiger partial charge in [-0.05, 0) is 38.8 Å². The summed E-state index contributed by atoms with van der Waals surface area (Å²) in [5, 5.41) is 3.06. The molecule has 1 saturated carbocycles. The van der Waals surface area contributed by atoms with Crippen molar-refractivity contribution >= 4 is 30.7 Å². The summed E-state index contributed by atoms with van der Waals surface area (Å²) in [6.45, 7) is 3.04. The molecule has 114 valence electrons. The van der Waals surface area contributed by atoms with Crippen molar-refractivity contribution in [3.8, 4) is 0 Å². The van der Waals surface area contributed by atoms with Crippen LogP contribution in [-0.4, -0.2) is 43.0 Å². The molecule has 0 radical (unpaired) electrons. The van der Waals surface area contributed by atoms with Crippen LogP contribution in [-0.2, 0) is 4.79 Å². The Balaban J connectivity index is 0.00000162. The van der Waals surface area contributed by atoms with Crippen molar-refractivity contribution in [3.05, 3.63) is 0 Å². The Labute approximate surface area is 128 Å². The first-order valence-electron chi connectivity index (χ1n) is 6.86. The van der Waals surface area contributed by atoms with Crippen LogP contribution in [0.15, 0.2) is 0 Å². The van der Waals surface area contributed by atoms with Gasteiger partial charge in [0.1, 0.15) is 0 Å². The molecule has 6 heteroatoms. The number of nitrogens with one attached hydrogen (secondary N) is 1. The van der Waals surface area contributed by atoms with Gasteiger partial charge in [-0.1, -0.05) is 19.3 Å². The highest BCUT2D eigenvalue weighted by atomic mass is 35.5. The van der Waals surface area contributed by atoms with Gasteiger partial charge in [0, 0.05) is 13.1 Å². The highest BCUT2D eigenvalue weighted by molar-refractivity contribution is 5.86. The van der Waals surface area contributed by atoms with Gasteiger partial charge in [0.05, 0.1) is 5.54 Å². The molecule has 0 aromatic carbocycles. The lowest BCUT2D eigenvalue weighted by atomic mass is 9.82. The molecule has 3 N–H and O–H groups in total. The van der Waals surface area contributed by atoms with Crippen LogP contribution in [0.1, 0.15) is 38.5 Å². The molecule has 1 aliphatic carbocycles. The van der Waals surface area contributed by atoms with Crippen LogP contribution >= 0.6 is 24.8 Å². The van der Waals surface area contributed by atoms with E-state index in [0.717, 1.165) is 45.3 Å². The molecule has 19 heavy (non-hydrogen) atoms. The largest absolute Gasteiger partial charge is 0.354 e. The second-order valence-corrected chi connectivity index (χ2v) is 5.84. The third-order valence-electron chi connectivity index (χ3n) is 4.24. The third-order valence-corrected chi connectivity index (χ3v) is 4.24. The van der Waals surface area contributed by atoms with Gasteiger partial charge in [-0.15, -0.1) is 24.8 Å². The van der Waals surface area contributed by atoms with E-state index in [2.05, 4.69) is 17.3 Å². The zero-order valence-electron chi connectivity index (χ0n) is 11.7. The number of carbonyl (C=O) groups excluding carboxylic acids is 1. The van der Waals surface area contributed by atoms with E-state index >= 15 is 0 Å². The van der Waals surface area contributed by atoms with Gasteiger partial charge >= 0.3 is 0 Å². The van der Waals surface area contributed by atoms with Gasteiger partial charge < -0.3 is 16.0 Å². The molecule has 0 aromatic rings. The quantitative estimate of drug-likeness (QED) is 0.831. The first-order chi connectivity index (χ1) is 8.10. The average molecular weight is 312 g/mol. The van der Waals surface area contributed by atoms with E-state index in [9.17, 15) is 4.79 Å². The maximum Gasteiger partial charge on any atom is 0.240 e. The lowest BCUT2D eigenvalue weighted by molar-refractivity contribution is -0.127. The van der Waals surface area contributed by atoms with E-state index in [0.29, 0.717) is 5.92 Å². The van der Waals surface area contributed by atoms with Gasteiger partial charge in [-0.3, -0.25) is 4.79 Å². The minimum absolute atomic E-state index is 0. The summed E-state index contributed by atoms with van der Waals surface area (Å²) >= 11 is 0. The number of amides is 1. The molecule has 0 aromatic heterocycles. The van der Waals surface area contributed by atoms with Gasteiger partial charge in [-0.2, -0.15) is 0 Å². The fourth-order valence-corrected chi connectivity index (χ4v) is 3.02. The number of hydrogen-bond donors (Lipinski definition) is 2. The lowest BCUT2D eigenvalue weighted by Gasteiger charge is -2.32. The molecule has 1 saturated heterocycles. The highest BCUT2D eigenvalue weighted by Crippen LogP contribution is 2.26. The van der Waals surface area contributed by atoms with E-state index < -0.39 is 5.54 Å². The third kappa shape index (κ3) is 5.10. The normalized spacial score (nSPS) is 26.1. The molecule has 4 nitrogen and oxygen atoms in total. The number of carbonyl (C=O) groups is 1. The first kappa shape index (κ1) is 19.0. The lowest BCUT2D eigenvalue weighted by Crippen LogP contribution is -2.55. The fourth-order valence-electron chi connectivity index (χ4n) is 3.02. The summed E-state index contributed by atoms with van der Waals surface area (Å²) in [7, 11) is 2.13. The van der Waals surface area contributed by atoms with Crippen molar-refractivity contribution in [2.24, 2.45) is 11.7 Å². The van der Waals surface area contributed by atoms with Crippen LogP contribution in [0.2, 0.25) is 0 Å². The zero-order chi connectivity index (χ0) is 12.3. The van der Waals surface area contributed by atoms with E-state index in [4.69, 9.17) is 5.73 Å². The van der Waals surface area contributed by atoms with Crippen LogP contribution in [0.4, 0.5) is 0 Å². The minimum Gasteiger partial charge on any atom is -0.354 e. The monoisotopic (exact) mass is 311 g/mol. The van der Waals surface area contributed by atoms with E-state index in [-0.39, 0.29) is 30.7 Å². The summed E-state index contributed by atoms with van der Waals surface area (Å²) < 4.78 is 0. The van der Waals surface area contributed by atoms with Gasteiger partial charge in [-0.25, -0.2) is 0 Å². The summed E-state index contributed by atoms with van der Waals surface area (Å²) in [5.74, 6) is 0.683. The summed E-state index contributed by atoms with van der Waals surface area (Å²) in [6, 6.07) is 0. The van der Waals surface area contributed by atoms with Crippen molar-refractivity contribution in [2.45, 2.75) is 44.1 Å². The molecule has 2 fully saturated rings. The molecule has 1 atom stereocenters. The van der Waals surface area contributed by atoms with E-state index in [1.807, 2.05) is 0 Å². The molecule has 1 unspecified atom stereocenters. The van der Waals surface area contributed by atoms with Gasteiger partial charge in [0.15, 0.2) is 0 Å². The van der Waals surface area contributed by atoms with E-state index in [1.54, 1.807) is 0 Å². The fraction of sp³-hybridized carbons (Fsp3) is 0.923. The van der Waals surface area contributed by atoms with Crippen molar-refractivity contribution in [1.29, 1.82) is 0 Å². The van der Waals surface area contributed by atoms with Crippen LogP contribution in [0.5, 0.6) is 0 Å². The van der Waals surface area contributed by atoms with Crippen LogP contribution < -0.4 is 11.1 Å². The molecule has 1 aliphatic heterocycles. The number of nitrogens with two attached hydrogens (primary N) is 1. The Hall–Kier alpha value is -0.0300. The summed E-state index contributed by atoms with van der Waals surface area (Å²) in [4.78, 5) is 14.4. The number of nitrogens with zero attached hydrogens (tertiary/aromatic N) is 1. The van der Waals surface area contributed by atoms with Gasteiger partial charge in [0.25, 0.3) is 0 Å². The SMILES string of the molecule is CN1CCC(CNC(=O)C2(N)CCCCC2)C1.Cl.Cl. The van der Waals surface area contributed by atoms with Crippen molar-refractivity contribution in [2.75, 3.05) is 26.7 Å². The van der Waals surface area contributed by atoms with Crippen LogP contribution in [0.3, 0.4) is 0 Å². The predicted molar refractivity (Wildman–Crippen MR) is 83.1 cm³/mol. The predicted octanol–water partition coefficient (Wildman–Crippen LogP) is 1.56. The Morgan fingerprint density at radius 2 is 1.95 bits per heavy atom. The average Bonchev–Trinajstić information content (AvgIpc) is 2.73. The number of halogens is 2. The molecule has 2 aliphatic rings. The smallest absolute Gasteiger partial charge is 0.240 e. The topological polar surface area (TPSA) is 58.4 Å². The summed E-state index contributed by atoms with van der Waals surface area (Å²) in [5.41, 5.74) is 5.61. The maximum absolute atomic E-state index is 12.1. The van der Waals surface area contributed by atoms with Crippen molar-refractivity contribution in [1.82, 2.24) is 10.2 Å². The molecule has 0 spiro atoms. The van der Waals surface area contributed by atoms with Crippen LogP contribution in [0.25, 0.3) is 0 Å². The van der Waals surface area contributed by atoms with Crippen molar-refractivity contribution in [3.63, 3.8) is 0 Å². The molecular formula is C13H27Cl2N3O. The zero-order valence-corrected chi connectivity index (χ0v) is 13.3. The Kier molecular flexibility index (Phi) is 8.29. The molecule has 2 rings (SSSR count). The maximum atomic E-state index is 12.1. The first-order valence-corrected chi connectivity index (χ1v) is 6.86. The Morgan fingerprint density at radius 3 is 2.47 bits per heavy atom. The Bertz CT molecular complexity index is 283. The number of likely N-dealkylation sites (tertiary alicyclic amines) is 1. The Morgan fingerprint density at radius 1 is 1.32 bits per heavy atom. The van der Waals surface area contributed by atoms with E-state index in [1.165, 1.54) is 12.8 Å². The molecule has 0 bridgehead atoms. The summed E-state index contributed by atoms with van der Waals surface area (Å²) in [6.07, 6.45) is 6.30. The molecular weight excluding hydrogens is 285 g/mol. The molecule has 1 amide bonds. The van der Waals surface area contributed by atoms with Crippen LogP contribution in [0, 0.1) is 5.92 Å².